The summed E-state index contributed by atoms with van der Waals surface area (Å²) in [5.41, 5.74) is 0. The van der Waals surface area contributed by atoms with E-state index in [1.165, 1.54) is 6.42 Å². The van der Waals surface area contributed by atoms with Crippen LogP contribution in [0.2, 0.25) is 0 Å². The first-order chi connectivity index (χ1) is 4.38. The zero-order chi connectivity index (χ0) is 6.27. The fourth-order valence-electron chi connectivity index (χ4n) is 1.68. The molecule has 0 radical (unpaired) electrons. The van der Waals surface area contributed by atoms with Gasteiger partial charge in [-0.15, -0.1) is 0 Å². The van der Waals surface area contributed by atoms with Crippen molar-refractivity contribution < 1.29 is 4.79 Å². The maximum Gasteiger partial charge on any atom is 0.140 e. The normalized spacial score (nSPS) is 39.8. The van der Waals surface area contributed by atoms with Gasteiger partial charge in [0.05, 0.1) is 0 Å². The van der Waals surface area contributed by atoms with Crippen LogP contribution in [-0.2, 0) is 4.79 Å². The molecule has 1 fully saturated rings. The highest BCUT2D eigenvalue weighted by atomic mass is 16.1. The Kier molecular flexibility index (Phi) is 0.981. The van der Waals surface area contributed by atoms with Gasteiger partial charge in [-0.05, 0) is 18.8 Å². The van der Waals surface area contributed by atoms with E-state index in [9.17, 15) is 4.79 Å². The minimum Gasteiger partial charge on any atom is -0.299 e. The first-order valence-corrected chi connectivity index (χ1v) is 3.59. The minimum atomic E-state index is 0.332. The molecule has 2 rings (SSSR count). The smallest absolute Gasteiger partial charge is 0.140 e. The van der Waals surface area contributed by atoms with Crippen molar-refractivity contribution in [2.45, 2.75) is 19.3 Å². The Bertz CT molecular complexity index is 169. The number of carbonyl (C=O) groups is 1. The molecule has 1 heteroatoms. The van der Waals surface area contributed by atoms with Crippen LogP contribution in [0.25, 0.3) is 0 Å². The standard InChI is InChI=1S/C8H10O/c9-8-3-1-2-6-4-5-7(6)8/h4-7H,1-3H2. The lowest BCUT2D eigenvalue weighted by Gasteiger charge is -2.32. The highest BCUT2D eigenvalue weighted by Crippen LogP contribution is 2.35. The van der Waals surface area contributed by atoms with E-state index in [2.05, 4.69) is 6.08 Å². The second-order valence-corrected chi connectivity index (χ2v) is 2.93. The van der Waals surface area contributed by atoms with Crippen molar-refractivity contribution in [1.29, 1.82) is 0 Å². The molecule has 2 atom stereocenters. The molecule has 2 unspecified atom stereocenters. The highest BCUT2D eigenvalue weighted by Gasteiger charge is 2.32. The molecule has 0 aromatic heterocycles. The summed E-state index contributed by atoms with van der Waals surface area (Å²) >= 11 is 0. The number of ketones is 1. The molecule has 48 valence electrons. The quantitative estimate of drug-likeness (QED) is 0.445. The Morgan fingerprint density at radius 2 is 2.33 bits per heavy atom. The summed E-state index contributed by atoms with van der Waals surface area (Å²) in [5.74, 6) is 1.43. The first kappa shape index (κ1) is 5.21. The lowest BCUT2D eigenvalue weighted by molar-refractivity contribution is -0.124. The number of rotatable bonds is 0. The molecule has 0 aromatic rings. The van der Waals surface area contributed by atoms with Gasteiger partial charge in [-0.2, -0.15) is 0 Å². The Morgan fingerprint density at radius 1 is 1.44 bits per heavy atom. The van der Waals surface area contributed by atoms with Crippen LogP contribution in [0, 0.1) is 11.8 Å². The topological polar surface area (TPSA) is 17.1 Å². The highest BCUT2D eigenvalue weighted by molar-refractivity contribution is 5.85. The van der Waals surface area contributed by atoms with E-state index in [1.807, 2.05) is 6.08 Å². The predicted molar refractivity (Wildman–Crippen MR) is 35.0 cm³/mol. The van der Waals surface area contributed by atoms with E-state index in [-0.39, 0.29) is 0 Å². The van der Waals surface area contributed by atoms with E-state index < -0.39 is 0 Å². The molecule has 9 heavy (non-hydrogen) atoms. The van der Waals surface area contributed by atoms with Gasteiger partial charge in [-0.3, -0.25) is 4.79 Å². The molecule has 1 nitrogen and oxygen atoms in total. The van der Waals surface area contributed by atoms with Crippen LogP contribution < -0.4 is 0 Å². The summed E-state index contributed by atoms with van der Waals surface area (Å²) in [7, 11) is 0. The van der Waals surface area contributed by atoms with E-state index in [0.29, 0.717) is 17.6 Å². The van der Waals surface area contributed by atoms with Crippen molar-refractivity contribution in [2.75, 3.05) is 0 Å². The van der Waals surface area contributed by atoms with Gasteiger partial charge in [0.2, 0.25) is 0 Å². The lowest BCUT2D eigenvalue weighted by Crippen LogP contribution is -2.30. The number of hydrogen-bond donors (Lipinski definition) is 0. The van der Waals surface area contributed by atoms with Gasteiger partial charge in [-0.1, -0.05) is 12.2 Å². The van der Waals surface area contributed by atoms with E-state index in [0.717, 1.165) is 12.8 Å². The van der Waals surface area contributed by atoms with Gasteiger partial charge >= 0.3 is 0 Å². The first-order valence-electron chi connectivity index (χ1n) is 3.59. The molecule has 0 saturated heterocycles. The molecule has 1 saturated carbocycles. The predicted octanol–water partition coefficient (Wildman–Crippen LogP) is 1.54. The number of carbonyl (C=O) groups excluding carboxylic acids is 1. The maximum absolute atomic E-state index is 11.0. The van der Waals surface area contributed by atoms with Crippen molar-refractivity contribution in [3.05, 3.63) is 12.2 Å². The van der Waals surface area contributed by atoms with Gasteiger partial charge in [0.25, 0.3) is 0 Å². The molecule has 0 bridgehead atoms. The van der Waals surface area contributed by atoms with Crippen LogP contribution in [0.1, 0.15) is 19.3 Å². The van der Waals surface area contributed by atoms with Crippen molar-refractivity contribution in [2.24, 2.45) is 11.8 Å². The van der Waals surface area contributed by atoms with Gasteiger partial charge in [-0.25, -0.2) is 0 Å². The molecule has 2 aliphatic carbocycles. The van der Waals surface area contributed by atoms with Gasteiger partial charge < -0.3 is 0 Å². The Balaban J connectivity index is 2.16. The third-order valence-electron chi connectivity index (χ3n) is 2.36. The van der Waals surface area contributed by atoms with E-state index in [1.54, 1.807) is 0 Å². The number of allylic oxidation sites excluding steroid dienone is 2. The summed E-state index contributed by atoms with van der Waals surface area (Å²) in [6.45, 7) is 0. The monoisotopic (exact) mass is 122 g/mol. The van der Waals surface area contributed by atoms with Crippen LogP contribution in [0.3, 0.4) is 0 Å². The van der Waals surface area contributed by atoms with Crippen LogP contribution >= 0.6 is 0 Å². The molecule has 2 aliphatic rings. The number of Topliss-reactive ketones (excluding diaryl/α,β-unsaturated/α-hetero) is 1. The summed E-state index contributed by atoms with van der Waals surface area (Å²) in [6, 6.07) is 0. The fourth-order valence-corrected chi connectivity index (χ4v) is 1.68. The minimum absolute atomic E-state index is 0.332. The fraction of sp³-hybridized carbons (Fsp3) is 0.625. The summed E-state index contributed by atoms with van der Waals surface area (Å²) in [5, 5.41) is 0. The van der Waals surface area contributed by atoms with Gasteiger partial charge in [0.1, 0.15) is 5.78 Å². The molecule has 0 N–H and O–H groups in total. The molecule has 0 spiro atoms. The zero-order valence-electron chi connectivity index (χ0n) is 5.34. The van der Waals surface area contributed by atoms with Gasteiger partial charge in [0, 0.05) is 12.3 Å². The number of fused-ring (bicyclic) bond motifs is 1. The number of hydrogen-bond acceptors (Lipinski definition) is 1. The third-order valence-corrected chi connectivity index (χ3v) is 2.36. The van der Waals surface area contributed by atoms with E-state index >= 15 is 0 Å². The Hall–Kier alpha value is -0.590. The summed E-state index contributed by atoms with van der Waals surface area (Å²) in [4.78, 5) is 11.0. The second kappa shape index (κ2) is 1.69. The molecular weight excluding hydrogens is 112 g/mol. The average molecular weight is 122 g/mol. The largest absolute Gasteiger partial charge is 0.299 e. The second-order valence-electron chi connectivity index (χ2n) is 2.93. The molecule has 0 aromatic carbocycles. The zero-order valence-corrected chi connectivity index (χ0v) is 5.34. The average Bonchev–Trinajstić information content (AvgIpc) is 1.74. The van der Waals surface area contributed by atoms with Crippen LogP contribution in [0.5, 0.6) is 0 Å². The van der Waals surface area contributed by atoms with Crippen LogP contribution in [-0.4, -0.2) is 5.78 Å². The molecule has 0 aliphatic heterocycles. The van der Waals surface area contributed by atoms with Crippen molar-refractivity contribution in [3.8, 4) is 0 Å². The van der Waals surface area contributed by atoms with Crippen LogP contribution in [0.15, 0.2) is 12.2 Å². The molecule has 0 amide bonds. The van der Waals surface area contributed by atoms with Crippen LogP contribution in [0.4, 0.5) is 0 Å². The van der Waals surface area contributed by atoms with Gasteiger partial charge in [0.15, 0.2) is 0 Å². The maximum atomic E-state index is 11.0. The molecular formula is C8H10O. The van der Waals surface area contributed by atoms with E-state index in [4.69, 9.17) is 0 Å². The Morgan fingerprint density at radius 3 is 2.78 bits per heavy atom. The molecule has 0 heterocycles. The summed E-state index contributed by atoms with van der Waals surface area (Å²) in [6.07, 6.45) is 7.40. The van der Waals surface area contributed by atoms with Crippen molar-refractivity contribution in [1.82, 2.24) is 0 Å². The lowest BCUT2D eigenvalue weighted by atomic mass is 9.71. The third kappa shape index (κ3) is 0.640. The van der Waals surface area contributed by atoms with Crippen molar-refractivity contribution in [3.63, 3.8) is 0 Å². The Labute approximate surface area is 54.8 Å². The SMILES string of the molecule is O=C1CCCC2C=CC12. The van der Waals surface area contributed by atoms with Crippen molar-refractivity contribution >= 4 is 5.78 Å². The summed E-state index contributed by atoms with van der Waals surface area (Å²) < 4.78 is 0.